The molecule has 5 heteroatoms. The number of halogens is 1. The summed E-state index contributed by atoms with van der Waals surface area (Å²) in [5.41, 5.74) is 0. The van der Waals surface area contributed by atoms with Crippen molar-refractivity contribution in [2.75, 3.05) is 19.8 Å². The number of ether oxygens (including phenoxy) is 1. The van der Waals surface area contributed by atoms with E-state index in [1.807, 2.05) is 0 Å². The largest absolute Gasteiger partial charge is 0.376 e. The Morgan fingerprint density at radius 1 is 1.41 bits per heavy atom. The van der Waals surface area contributed by atoms with E-state index in [0.29, 0.717) is 0 Å². The number of carbonyl (C=O) groups excluding carboxylic acids is 1. The smallest absolute Gasteiger partial charge is 0.315 e. The monoisotopic (exact) mass is 246 g/mol. The van der Waals surface area contributed by atoms with E-state index in [1.54, 1.807) is 0 Å². The molecule has 1 aliphatic rings. The summed E-state index contributed by atoms with van der Waals surface area (Å²) in [5, 5.41) is 5.35. The molecule has 2 atom stereocenters. The van der Waals surface area contributed by atoms with Crippen LogP contribution in [0, 0.1) is 0 Å². The summed E-state index contributed by atoms with van der Waals surface area (Å²) in [6.45, 7) is 2.33. The van der Waals surface area contributed by atoms with Gasteiger partial charge in [0.1, 0.15) is 6.67 Å². The number of rotatable bonds is 6. The van der Waals surface area contributed by atoms with Crippen molar-refractivity contribution in [2.24, 2.45) is 0 Å². The molecular formula is C12H23FN2O2. The van der Waals surface area contributed by atoms with Crippen molar-refractivity contribution in [3.63, 3.8) is 0 Å². The number of urea groups is 1. The molecule has 0 saturated heterocycles. The van der Waals surface area contributed by atoms with Crippen molar-refractivity contribution in [3.8, 4) is 0 Å². The Morgan fingerprint density at radius 3 is 2.88 bits per heavy atom. The first-order chi connectivity index (χ1) is 8.27. The molecule has 0 spiro atoms. The molecule has 17 heavy (non-hydrogen) atoms. The summed E-state index contributed by atoms with van der Waals surface area (Å²) in [7, 11) is 0. The molecule has 2 unspecified atom stereocenters. The highest BCUT2D eigenvalue weighted by Crippen LogP contribution is 2.21. The highest BCUT2D eigenvalue weighted by atomic mass is 19.1. The number of alkyl halides is 1. The minimum absolute atomic E-state index is 0.0647. The van der Waals surface area contributed by atoms with Gasteiger partial charge in [-0.2, -0.15) is 0 Å². The molecule has 0 aliphatic heterocycles. The quantitative estimate of drug-likeness (QED) is 0.753. The van der Waals surface area contributed by atoms with Crippen LogP contribution in [0.15, 0.2) is 0 Å². The van der Waals surface area contributed by atoms with Gasteiger partial charge in [-0.1, -0.05) is 19.8 Å². The second-order valence-electron chi connectivity index (χ2n) is 4.39. The lowest BCUT2D eigenvalue weighted by Crippen LogP contribution is -2.50. The van der Waals surface area contributed by atoms with E-state index in [9.17, 15) is 9.18 Å². The van der Waals surface area contributed by atoms with Crippen LogP contribution in [0.2, 0.25) is 0 Å². The van der Waals surface area contributed by atoms with Crippen molar-refractivity contribution < 1.29 is 13.9 Å². The predicted molar refractivity (Wildman–Crippen MR) is 64.8 cm³/mol. The van der Waals surface area contributed by atoms with Crippen LogP contribution < -0.4 is 10.6 Å². The van der Waals surface area contributed by atoms with Gasteiger partial charge in [-0.05, 0) is 19.3 Å². The molecular weight excluding hydrogens is 223 g/mol. The fourth-order valence-corrected chi connectivity index (χ4v) is 2.11. The van der Waals surface area contributed by atoms with Crippen molar-refractivity contribution in [3.05, 3.63) is 0 Å². The molecule has 0 radical (unpaired) electrons. The number of hydrogen-bond donors (Lipinski definition) is 2. The van der Waals surface area contributed by atoms with Gasteiger partial charge in [0.25, 0.3) is 0 Å². The summed E-state index contributed by atoms with van der Waals surface area (Å²) in [5.74, 6) is 0. The van der Waals surface area contributed by atoms with Crippen molar-refractivity contribution in [1.82, 2.24) is 10.6 Å². The number of amides is 2. The average Bonchev–Trinajstić information content (AvgIpc) is 2.35. The Kier molecular flexibility index (Phi) is 6.93. The van der Waals surface area contributed by atoms with E-state index < -0.39 is 6.67 Å². The number of hydrogen-bond acceptors (Lipinski definition) is 2. The predicted octanol–water partition coefficient (Wildman–Crippen LogP) is 1.99. The first-order valence-corrected chi connectivity index (χ1v) is 6.49. The molecule has 4 nitrogen and oxygen atoms in total. The zero-order chi connectivity index (χ0) is 12.5. The maximum Gasteiger partial charge on any atom is 0.315 e. The summed E-state index contributed by atoms with van der Waals surface area (Å²) in [6.07, 6.45) is 5.29. The number of carbonyl (C=O) groups is 1. The lowest BCUT2D eigenvalue weighted by molar-refractivity contribution is 0.00843. The van der Waals surface area contributed by atoms with Gasteiger partial charge in [-0.15, -0.1) is 0 Å². The van der Waals surface area contributed by atoms with Crippen LogP contribution in [0.5, 0.6) is 0 Å². The van der Waals surface area contributed by atoms with Gasteiger partial charge in [0.15, 0.2) is 0 Å². The van der Waals surface area contributed by atoms with E-state index in [0.717, 1.165) is 38.7 Å². The normalized spacial score (nSPS) is 24.4. The van der Waals surface area contributed by atoms with Gasteiger partial charge in [0.05, 0.1) is 12.1 Å². The molecule has 2 amide bonds. The third-order valence-corrected chi connectivity index (χ3v) is 2.94. The Hall–Kier alpha value is -0.840. The second-order valence-corrected chi connectivity index (χ2v) is 4.39. The lowest BCUT2D eigenvalue weighted by Gasteiger charge is -2.32. The molecule has 1 saturated carbocycles. The molecule has 1 aliphatic carbocycles. The molecule has 0 aromatic rings. The summed E-state index contributed by atoms with van der Waals surface area (Å²) in [4.78, 5) is 11.4. The van der Waals surface area contributed by atoms with E-state index >= 15 is 0 Å². The highest BCUT2D eigenvalue weighted by molar-refractivity contribution is 5.74. The van der Waals surface area contributed by atoms with Crippen molar-refractivity contribution in [1.29, 1.82) is 0 Å². The standard InChI is InChI=1S/C12H23FN2O2/c1-2-9-17-11-6-4-3-5-10(11)15-12(16)14-8-7-13/h10-11H,2-9H2,1H3,(H2,14,15,16). The van der Waals surface area contributed by atoms with Gasteiger partial charge < -0.3 is 15.4 Å². The molecule has 0 bridgehead atoms. The molecule has 1 rings (SSSR count). The molecule has 1 fully saturated rings. The zero-order valence-corrected chi connectivity index (χ0v) is 10.5. The Morgan fingerprint density at radius 2 is 2.18 bits per heavy atom. The second kappa shape index (κ2) is 8.28. The maximum atomic E-state index is 11.9. The maximum absolute atomic E-state index is 11.9. The molecule has 0 aromatic heterocycles. The minimum atomic E-state index is -0.534. The van der Waals surface area contributed by atoms with Gasteiger partial charge >= 0.3 is 6.03 Å². The Balaban J connectivity index is 2.33. The first kappa shape index (κ1) is 14.2. The van der Waals surface area contributed by atoms with Crippen LogP contribution in [0.25, 0.3) is 0 Å². The van der Waals surface area contributed by atoms with Crippen molar-refractivity contribution >= 4 is 6.03 Å². The minimum Gasteiger partial charge on any atom is -0.376 e. The van der Waals surface area contributed by atoms with Gasteiger partial charge in [0.2, 0.25) is 0 Å². The lowest BCUT2D eigenvalue weighted by atomic mass is 9.92. The Labute approximate surface area is 102 Å². The van der Waals surface area contributed by atoms with Gasteiger partial charge in [-0.3, -0.25) is 0 Å². The van der Waals surface area contributed by atoms with Gasteiger partial charge in [-0.25, -0.2) is 9.18 Å². The van der Waals surface area contributed by atoms with Crippen molar-refractivity contribution in [2.45, 2.75) is 51.2 Å². The van der Waals surface area contributed by atoms with E-state index in [2.05, 4.69) is 17.6 Å². The summed E-state index contributed by atoms with van der Waals surface area (Å²) < 4.78 is 17.6. The van der Waals surface area contributed by atoms with E-state index in [4.69, 9.17) is 4.74 Å². The molecule has 0 aromatic carbocycles. The van der Waals surface area contributed by atoms with E-state index in [-0.39, 0.29) is 24.7 Å². The Bertz CT molecular complexity index is 227. The SMILES string of the molecule is CCCOC1CCCCC1NC(=O)NCCF. The number of nitrogens with one attached hydrogen (secondary N) is 2. The fraction of sp³-hybridized carbons (Fsp3) is 0.917. The highest BCUT2D eigenvalue weighted by Gasteiger charge is 2.26. The van der Waals surface area contributed by atoms with E-state index in [1.165, 1.54) is 0 Å². The molecule has 100 valence electrons. The summed E-state index contributed by atoms with van der Waals surface area (Å²) in [6, 6.07) is -0.227. The molecule has 0 heterocycles. The first-order valence-electron chi connectivity index (χ1n) is 6.49. The van der Waals surface area contributed by atoms with Crippen LogP contribution in [0.4, 0.5) is 9.18 Å². The topological polar surface area (TPSA) is 50.4 Å². The van der Waals surface area contributed by atoms with Crippen LogP contribution in [0.1, 0.15) is 39.0 Å². The van der Waals surface area contributed by atoms with Gasteiger partial charge in [0, 0.05) is 13.2 Å². The fourth-order valence-electron chi connectivity index (χ4n) is 2.11. The zero-order valence-electron chi connectivity index (χ0n) is 10.5. The van der Waals surface area contributed by atoms with Crippen LogP contribution in [0.3, 0.4) is 0 Å². The van der Waals surface area contributed by atoms with Crippen LogP contribution >= 0.6 is 0 Å². The summed E-state index contributed by atoms with van der Waals surface area (Å²) >= 11 is 0. The average molecular weight is 246 g/mol. The van der Waals surface area contributed by atoms with Crippen LogP contribution in [-0.4, -0.2) is 38.0 Å². The van der Waals surface area contributed by atoms with Crippen LogP contribution in [-0.2, 0) is 4.74 Å². The third kappa shape index (κ3) is 5.35. The third-order valence-electron chi connectivity index (χ3n) is 2.94. The molecule has 2 N–H and O–H groups in total.